The fourth-order valence-electron chi connectivity index (χ4n) is 2.39. The van der Waals surface area contributed by atoms with E-state index in [0.29, 0.717) is 30.7 Å². The van der Waals surface area contributed by atoms with Crippen molar-refractivity contribution >= 4 is 30.7 Å². The molecule has 0 aromatic carbocycles. The van der Waals surface area contributed by atoms with E-state index in [1.54, 1.807) is 42.7 Å². The van der Waals surface area contributed by atoms with Crippen molar-refractivity contribution in [2.24, 2.45) is 5.92 Å². The van der Waals surface area contributed by atoms with Gasteiger partial charge in [-0.1, -0.05) is 0 Å². The van der Waals surface area contributed by atoms with E-state index in [9.17, 15) is 0 Å². The first-order valence-electron chi connectivity index (χ1n) is 6.04. The average Bonchev–Trinajstić information content (AvgIpc) is 2.46. The summed E-state index contributed by atoms with van der Waals surface area (Å²) in [7, 11) is 11.5. The van der Waals surface area contributed by atoms with E-state index in [0.717, 1.165) is 0 Å². The Balaban J connectivity index is 5.88. The van der Waals surface area contributed by atoms with Gasteiger partial charge in [-0.05, 0) is 0 Å². The third-order valence-corrected chi connectivity index (χ3v) is 8.19. The second-order valence-electron chi connectivity index (χ2n) is 4.71. The average molecular weight is 329 g/mol. The molecule has 0 aliphatic rings. The van der Waals surface area contributed by atoms with Crippen molar-refractivity contribution in [2.45, 2.75) is 16.2 Å². The van der Waals surface area contributed by atoms with Crippen molar-refractivity contribution < 1.29 is 28.4 Å². The Morgan fingerprint density at radius 1 is 0.526 bits per heavy atom. The van der Waals surface area contributed by atoms with Gasteiger partial charge in [0, 0.05) is 42.7 Å². The number of methoxy groups -OCH3 is 6. The first-order chi connectivity index (χ1) is 8.73. The molecule has 0 N–H and O–H groups in total. The van der Waals surface area contributed by atoms with E-state index < -0.39 is 16.2 Å². The maximum Gasteiger partial charge on any atom is 0.152 e. The van der Waals surface area contributed by atoms with Crippen LogP contribution in [0.25, 0.3) is 0 Å². The summed E-state index contributed by atoms with van der Waals surface area (Å²) < 4.78 is 33.7. The van der Waals surface area contributed by atoms with Crippen LogP contribution in [0.15, 0.2) is 0 Å². The van der Waals surface area contributed by atoms with E-state index in [1.165, 1.54) is 0 Å². The first kappa shape index (κ1) is 19.4. The molecule has 9 heteroatoms. The molecule has 0 aromatic heterocycles. The smallest absolute Gasteiger partial charge is 0.152 e. The quantitative estimate of drug-likeness (QED) is 0.324. The third-order valence-electron chi connectivity index (χ3n) is 4.00. The highest BCUT2D eigenvalue weighted by atomic mass is 28.2. The lowest BCUT2D eigenvalue weighted by Gasteiger charge is -2.51. The highest BCUT2D eigenvalue weighted by Gasteiger charge is 2.57. The Morgan fingerprint density at radius 3 is 0.789 bits per heavy atom. The highest BCUT2D eigenvalue weighted by Crippen LogP contribution is 2.39. The minimum atomic E-state index is -0.818. The second kappa shape index (κ2) is 7.43. The number of hydrogen-bond acceptors (Lipinski definition) is 6. The molecule has 0 heterocycles. The van der Waals surface area contributed by atoms with Crippen molar-refractivity contribution in [1.29, 1.82) is 0 Å². The molecule has 0 fully saturated rings. The molecule has 0 bridgehead atoms. The first-order valence-corrected chi connectivity index (χ1v) is 9.04. The zero-order valence-electron chi connectivity index (χ0n) is 13.5. The van der Waals surface area contributed by atoms with Crippen LogP contribution in [0.4, 0.5) is 0 Å². The zero-order chi connectivity index (χ0) is 15.3. The molecule has 0 unspecified atom stereocenters. The normalized spacial score (nSPS) is 16.1. The fourth-order valence-corrected chi connectivity index (χ4v) is 7.26. The van der Waals surface area contributed by atoms with E-state index >= 15 is 0 Å². The fraction of sp³-hybridized carbons (Fsp3) is 1.00. The van der Waals surface area contributed by atoms with Crippen LogP contribution in [-0.4, -0.2) is 89.6 Å². The van der Waals surface area contributed by atoms with Crippen molar-refractivity contribution in [3.8, 4) is 0 Å². The summed E-state index contributed by atoms with van der Waals surface area (Å²) in [4.78, 5) is 0. The summed E-state index contributed by atoms with van der Waals surface area (Å²) in [6.07, 6.45) is 0. The van der Waals surface area contributed by atoms with Crippen molar-refractivity contribution in [3.05, 3.63) is 0 Å². The third kappa shape index (κ3) is 3.74. The number of hydrogen-bond donors (Lipinski definition) is 0. The Labute approximate surface area is 124 Å². The Kier molecular flexibility index (Phi) is 7.59. The summed E-state index contributed by atoms with van der Waals surface area (Å²) in [5.41, 5.74) is -2.45. The summed E-state index contributed by atoms with van der Waals surface area (Å²) >= 11 is 0. The van der Waals surface area contributed by atoms with Crippen molar-refractivity contribution in [3.63, 3.8) is 0 Å². The Hall–Kier alpha value is 0.411. The van der Waals surface area contributed by atoms with Gasteiger partial charge in [-0.3, -0.25) is 0 Å². The summed E-state index contributed by atoms with van der Waals surface area (Å²) in [6, 6.07) is 0. The van der Waals surface area contributed by atoms with Gasteiger partial charge in [-0.2, -0.15) is 0 Å². The van der Waals surface area contributed by atoms with Gasteiger partial charge in [0.05, 0.1) is 30.7 Å². The topological polar surface area (TPSA) is 55.4 Å². The lowest BCUT2D eigenvalue weighted by Crippen LogP contribution is -2.67. The van der Waals surface area contributed by atoms with Gasteiger partial charge in [0.15, 0.2) is 16.2 Å². The highest BCUT2D eigenvalue weighted by molar-refractivity contribution is 6.20. The van der Waals surface area contributed by atoms with E-state index in [4.69, 9.17) is 28.4 Å². The molecule has 116 valence electrons. The molecule has 0 amide bonds. The molecule has 0 aromatic rings. The van der Waals surface area contributed by atoms with Gasteiger partial charge < -0.3 is 28.4 Å². The molecule has 0 saturated heterocycles. The molecule has 19 heavy (non-hydrogen) atoms. The molecule has 0 atom stereocenters. The largest absolute Gasteiger partial charge is 0.357 e. The van der Waals surface area contributed by atoms with Crippen molar-refractivity contribution in [1.82, 2.24) is 0 Å². The van der Waals surface area contributed by atoms with Crippen LogP contribution in [0.1, 0.15) is 0 Å². The zero-order valence-corrected chi connectivity index (χ0v) is 19.5. The van der Waals surface area contributed by atoms with Crippen LogP contribution in [0.3, 0.4) is 0 Å². The number of rotatable bonds is 9. The summed E-state index contributed by atoms with van der Waals surface area (Å²) in [5.74, 6) is -0.336. The van der Waals surface area contributed by atoms with E-state index in [-0.39, 0.29) is 5.92 Å². The minimum absolute atomic E-state index is 0.336. The minimum Gasteiger partial charge on any atom is -0.357 e. The van der Waals surface area contributed by atoms with Gasteiger partial charge in [-0.15, -0.1) is 0 Å². The SMILES string of the molecule is COC([SiH3])(OC)C(C([SiH3])(OC)OC)C([SiH3])(OC)OC. The molecular weight excluding hydrogens is 300 g/mol. The molecule has 0 spiro atoms. The number of ether oxygens (including phenoxy) is 6. The molecule has 0 aliphatic carbocycles. The van der Waals surface area contributed by atoms with Gasteiger partial charge >= 0.3 is 0 Å². The van der Waals surface area contributed by atoms with Gasteiger partial charge in [0.2, 0.25) is 0 Å². The maximum absolute atomic E-state index is 5.61. The van der Waals surface area contributed by atoms with Crippen molar-refractivity contribution in [2.75, 3.05) is 42.7 Å². The molecular formula is C10H28O6Si3. The van der Waals surface area contributed by atoms with Crippen LogP contribution in [-0.2, 0) is 28.4 Å². The van der Waals surface area contributed by atoms with Crippen LogP contribution in [0, 0.1) is 5.92 Å². The second-order valence-corrected chi connectivity index (χ2v) is 8.89. The van der Waals surface area contributed by atoms with Crippen LogP contribution < -0.4 is 0 Å². The van der Waals surface area contributed by atoms with Gasteiger partial charge in [0.25, 0.3) is 0 Å². The van der Waals surface area contributed by atoms with Crippen LogP contribution >= 0.6 is 0 Å². The van der Waals surface area contributed by atoms with E-state index in [1.807, 2.05) is 0 Å². The lowest BCUT2D eigenvalue weighted by molar-refractivity contribution is -0.335. The Morgan fingerprint density at radius 2 is 0.684 bits per heavy atom. The summed E-state index contributed by atoms with van der Waals surface area (Å²) in [5, 5.41) is 0. The molecule has 0 radical (unpaired) electrons. The predicted molar refractivity (Wildman–Crippen MR) is 83.6 cm³/mol. The van der Waals surface area contributed by atoms with Gasteiger partial charge in [-0.25, -0.2) is 0 Å². The summed E-state index contributed by atoms with van der Waals surface area (Å²) in [6.45, 7) is 0. The molecule has 0 rings (SSSR count). The predicted octanol–water partition coefficient (Wildman–Crippen LogP) is -3.46. The van der Waals surface area contributed by atoms with E-state index in [2.05, 4.69) is 0 Å². The van der Waals surface area contributed by atoms with Crippen LogP contribution in [0.5, 0.6) is 0 Å². The molecule has 0 aliphatic heterocycles. The molecule has 0 saturated carbocycles. The lowest BCUT2D eigenvalue weighted by atomic mass is 10.1. The maximum atomic E-state index is 5.61. The Bertz CT molecular complexity index is 223. The standard InChI is InChI=1S/C10H28O6Si3/c1-11-8(17,12-2)7(9(18,13-3)14-4)10(19,15-5)16-6/h7H,1-6,17-19H3. The molecule has 6 nitrogen and oxygen atoms in total. The monoisotopic (exact) mass is 328 g/mol. The van der Waals surface area contributed by atoms with Crippen LogP contribution in [0.2, 0.25) is 0 Å². The van der Waals surface area contributed by atoms with Gasteiger partial charge in [0.1, 0.15) is 5.92 Å².